The van der Waals surface area contributed by atoms with Gasteiger partial charge in [-0.15, -0.1) is 0 Å². The Hall–Kier alpha value is -2.02. The number of rotatable bonds is 5. The van der Waals surface area contributed by atoms with Gasteiger partial charge >= 0.3 is 5.97 Å². The first-order valence-corrected chi connectivity index (χ1v) is 5.59. The van der Waals surface area contributed by atoms with Gasteiger partial charge < -0.3 is 15.8 Å². The summed E-state index contributed by atoms with van der Waals surface area (Å²) in [5.74, 6) is -3.15. The Morgan fingerprint density at radius 1 is 1.42 bits per heavy atom. The van der Waals surface area contributed by atoms with E-state index in [-0.39, 0.29) is 18.7 Å². The van der Waals surface area contributed by atoms with Gasteiger partial charge in [-0.1, -0.05) is 6.07 Å². The highest BCUT2D eigenvalue weighted by Gasteiger charge is 2.23. The zero-order valence-corrected chi connectivity index (χ0v) is 10.3. The molecular weight excluding hydrogens is 258 g/mol. The summed E-state index contributed by atoms with van der Waals surface area (Å²) in [5, 5.41) is 2.27. The molecule has 1 aromatic carbocycles. The third-order valence-electron chi connectivity index (χ3n) is 2.29. The van der Waals surface area contributed by atoms with E-state index in [1.165, 1.54) is 6.07 Å². The molecule has 0 saturated carbocycles. The van der Waals surface area contributed by atoms with E-state index in [0.717, 1.165) is 6.07 Å². The molecule has 0 aromatic heterocycles. The second kappa shape index (κ2) is 6.79. The number of esters is 1. The van der Waals surface area contributed by atoms with Gasteiger partial charge in [0.2, 0.25) is 5.91 Å². The summed E-state index contributed by atoms with van der Waals surface area (Å²) in [5.41, 5.74) is 5.42. The van der Waals surface area contributed by atoms with Crippen molar-refractivity contribution in [2.75, 3.05) is 6.61 Å². The number of ether oxygens (including phenoxy) is 1. The highest BCUT2D eigenvalue weighted by Crippen LogP contribution is 2.09. The molecule has 0 fully saturated rings. The Morgan fingerprint density at radius 2 is 2.11 bits per heavy atom. The summed E-state index contributed by atoms with van der Waals surface area (Å²) in [4.78, 5) is 22.7. The quantitative estimate of drug-likeness (QED) is 0.603. The molecule has 3 N–H and O–H groups in total. The fraction of sp³-hybridized carbons (Fsp3) is 0.333. The summed E-state index contributed by atoms with van der Waals surface area (Å²) in [6, 6.07) is 1.49. The fourth-order valence-electron chi connectivity index (χ4n) is 1.30. The van der Waals surface area contributed by atoms with Gasteiger partial charge in [0.1, 0.15) is 11.6 Å². The van der Waals surface area contributed by atoms with Gasteiger partial charge in [0.15, 0.2) is 6.04 Å². The number of nitrogens with one attached hydrogen (secondary N) is 1. The van der Waals surface area contributed by atoms with Crippen LogP contribution in [0.25, 0.3) is 0 Å². The number of hydrogen-bond donors (Lipinski definition) is 2. The van der Waals surface area contributed by atoms with Gasteiger partial charge in [-0.05, 0) is 13.0 Å². The maximum atomic E-state index is 13.3. The molecule has 5 nitrogen and oxygen atoms in total. The second-order valence-corrected chi connectivity index (χ2v) is 3.68. The molecule has 0 aliphatic rings. The topological polar surface area (TPSA) is 81.4 Å². The molecule has 0 saturated heterocycles. The zero-order chi connectivity index (χ0) is 14.4. The van der Waals surface area contributed by atoms with Crippen molar-refractivity contribution in [2.24, 2.45) is 5.73 Å². The molecule has 104 valence electrons. The highest BCUT2D eigenvalue weighted by atomic mass is 19.1. The predicted molar refractivity (Wildman–Crippen MR) is 62.8 cm³/mol. The van der Waals surface area contributed by atoms with Crippen LogP contribution in [0.15, 0.2) is 18.2 Å². The van der Waals surface area contributed by atoms with Crippen LogP contribution in [0.3, 0.4) is 0 Å². The number of carbonyl (C=O) groups excluding carboxylic acids is 2. The van der Waals surface area contributed by atoms with Crippen LogP contribution in [0.2, 0.25) is 0 Å². The summed E-state index contributed by atoms with van der Waals surface area (Å²) in [6.07, 6.45) is 0. The fourth-order valence-corrected chi connectivity index (χ4v) is 1.30. The third kappa shape index (κ3) is 4.29. The molecule has 0 aliphatic heterocycles. The van der Waals surface area contributed by atoms with Crippen LogP contribution in [0.4, 0.5) is 8.78 Å². The largest absolute Gasteiger partial charge is 0.464 e. The Kier molecular flexibility index (Phi) is 5.37. The van der Waals surface area contributed by atoms with Gasteiger partial charge in [0.05, 0.1) is 6.61 Å². The van der Waals surface area contributed by atoms with E-state index < -0.39 is 29.6 Å². The summed E-state index contributed by atoms with van der Waals surface area (Å²) in [6.45, 7) is 1.49. The molecule has 0 heterocycles. The lowest BCUT2D eigenvalue weighted by atomic mass is 10.2. The van der Waals surface area contributed by atoms with E-state index in [9.17, 15) is 18.4 Å². The third-order valence-corrected chi connectivity index (χ3v) is 2.29. The number of hydrogen-bond acceptors (Lipinski definition) is 4. The van der Waals surface area contributed by atoms with Crippen molar-refractivity contribution in [3.05, 3.63) is 35.4 Å². The van der Waals surface area contributed by atoms with E-state index in [1.807, 2.05) is 0 Å². The van der Waals surface area contributed by atoms with E-state index >= 15 is 0 Å². The molecule has 1 amide bonds. The van der Waals surface area contributed by atoms with Crippen LogP contribution < -0.4 is 11.1 Å². The van der Waals surface area contributed by atoms with Crippen LogP contribution in [0.1, 0.15) is 12.5 Å². The lowest BCUT2D eigenvalue weighted by molar-refractivity contribution is -0.148. The number of carbonyl (C=O) groups is 2. The average molecular weight is 272 g/mol. The maximum absolute atomic E-state index is 13.3. The van der Waals surface area contributed by atoms with Gasteiger partial charge in [0, 0.05) is 18.2 Å². The molecule has 7 heteroatoms. The first-order valence-electron chi connectivity index (χ1n) is 5.59. The SMILES string of the molecule is CCOC(=O)C(N)C(=O)NCc1ccc(F)cc1F. The van der Waals surface area contributed by atoms with Crippen molar-refractivity contribution in [2.45, 2.75) is 19.5 Å². The molecule has 0 spiro atoms. The summed E-state index contributed by atoms with van der Waals surface area (Å²) >= 11 is 0. The average Bonchev–Trinajstić information content (AvgIpc) is 2.36. The number of amides is 1. The van der Waals surface area contributed by atoms with Gasteiger partial charge in [0.25, 0.3) is 0 Å². The van der Waals surface area contributed by atoms with Crippen molar-refractivity contribution in [3.8, 4) is 0 Å². The number of halogens is 2. The van der Waals surface area contributed by atoms with E-state index in [1.54, 1.807) is 6.92 Å². The number of nitrogens with two attached hydrogens (primary N) is 1. The Bertz CT molecular complexity index is 480. The van der Waals surface area contributed by atoms with Crippen molar-refractivity contribution >= 4 is 11.9 Å². The second-order valence-electron chi connectivity index (χ2n) is 3.68. The lowest BCUT2D eigenvalue weighted by Gasteiger charge is -2.11. The normalized spacial score (nSPS) is 11.8. The monoisotopic (exact) mass is 272 g/mol. The van der Waals surface area contributed by atoms with E-state index in [0.29, 0.717) is 6.07 Å². The molecule has 1 aromatic rings. The lowest BCUT2D eigenvalue weighted by Crippen LogP contribution is -2.46. The molecule has 0 radical (unpaired) electrons. The van der Waals surface area contributed by atoms with E-state index in [2.05, 4.69) is 10.1 Å². The minimum Gasteiger partial charge on any atom is -0.464 e. The van der Waals surface area contributed by atoms with Crippen LogP contribution in [-0.4, -0.2) is 24.5 Å². The molecule has 1 unspecified atom stereocenters. The predicted octanol–water partition coefficient (Wildman–Crippen LogP) is 0.471. The minimum absolute atomic E-state index is 0.0887. The molecular formula is C12H14F2N2O3. The molecule has 1 atom stereocenters. The molecule has 1 rings (SSSR count). The van der Waals surface area contributed by atoms with Crippen LogP contribution in [0.5, 0.6) is 0 Å². The van der Waals surface area contributed by atoms with Crippen molar-refractivity contribution in [1.29, 1.82) is 0 Å². The highest BCUT2D eigenvalue weighted by molar-refractivity contribution is 6.01. The Balaban J connectivity index is 2.56. The minimum atomic E-state index is -1.47. The number of benzene rings is 1. The Morgan fingerprint density at radius 3 is 2.68 bits per heavy atom. The zero-order valence-electron chi connectivity index (χ0n) is 10.3. The first kappa shape index (κ1) is 15.0. The van der Waals surface area contributed by atoms with Crippen molar-refractivity contribution in [1.82, 2.24) is 5.32 Å². The standard InChI is InChI=1S/C12H14F2N2O3/c1-2-19-12(18)10(15)11(17)16-6-7-3-4-8(13)5-9(7)14/h3-5,10H,2,6,15H2,1H3,(H,16,17). The van der Waals surface area contributed by atoms with Crippen LogP contribution in [-0.2, 0) is 20.9 Å². The molecule has 0 aliphatic carbocycles. The Labute approximate surface area is 108 Å². The summed E-state index contributed by atoms with van der Waals surface area (Å²) < 4.78 is 30.5. The van der Waals surface area contributed by atoms with Crippen molar-refractivity contribution < 1.29 is 23.1 Å². The van der Waals surface area contributed by atoms with Crippen molar-refractivity contribution in [3.63, 3.8) is 0 Å². The van der Waals surface area contributed by atoms with Crippen LogP contribution in [0, 0.1) is 11.6 Å². The summed E-state index contributed by atoms with van der Waals surface area (Å²) in [7, 11) is 0. The smallest absolute Gasteiger partial charge is 0.332 e. The van der Waals surface area contributed by atoms with Gasteiger partial charge in [-0.3, -0.25) is 4.79 Å². The first-order chi connectivity index (χ1) is 8.95. The molecule has 19 heavy (non-hydrogen) atoms. The maximum Gasteiger partial charge on any atom is 0.332 e. The van der Waals surface area contributed by atoms with Gasteiger partial charge in [-0.25, -0.2) is 13.6 Å². The molecule has 0 bridgehead atoms. The van der Waals surface area contributed by atoms with Crippen LogP contribution >= 0.6 is 0 Å². The van der Waals surface area contributed by atoms with Gasteiger partial charge in [-0.2, -0.15) is 0 Å². The van der Waals surface area contributed by atoms with E-state index in [4.69, 9.17) is 5.73 Å².